The molecule has 0 spiro atoms. The average Bonchev–Trinajstić information content (AvgIpc) is 3.19. The molecule has 4 N–H and O–H groups in total. The standard InChI is InChI=1S/C27H32FN3O5S/c1-5-21(29)36-26(35)23-27(3,4)37-15-31(23)25(34)22(32)20(14-17-10-7-6-8-11-17)30-24(33)18-12-9-13-19(28)16(18)2/h5-13,20-23,32H,1,14-15,29H2,2-4H3,(H,30,33)/t20-,21?,22-,23+/m0/s1. The van der Waals surface area contributed by atoms with Crippen molar-refractivity contribution in [2.75, 3.05) is 5.88 Å². The number of amides is 2. The molecule has 37 heavy (non-hydrogen) atoms. The lowest BCUT2D eigenvalue weighted by Crippen LogP contribution is -2.57. The van der Waals surface area contributed by atoms with Crippen LogP contribution in [-0.4, -0.2) is 62.8 Å². The molecular formula is C27H32FN3O5S. The molecule has 2 aromatic carbocycles. The van der Waals surface area contributed by atoms with Crippen LogP contribution < -0.4 is 11.1 Å². The average molecular weight is 530 g/mol. The molecular weight excluding hydrogens is 497 g/mol. The fourth-order valence-electron chi connectivity index (χ4n) is 4.16. The first-order chi connectivity index (χ1) is 17.5. The molecule has 10 heteroatoms. The molecule has 2 aromatic rings. The van der Waals surface area contributed by atoms with Crippen LogP contribution in [0.5, 0.6) is 0 Å². The Hall–Kier alpha value is -3.21. The van der Waals surface area contributed by atoms with Crippen molar-refractivity contribution < 1.29 is 28.6 Å². The molecule has 0 aromatic heterocycles. The third kappa shape index (κ3) is 6.57. The van der Waals surface area contributed by atoms with Crippen molar-refractivity contribution in [3.8, 4) is 0 Å². The van der Waals surface area contributed by atoms with E-state index >= 15 is 0 Å². The van der Waals surface area contributed by atoms with Gasteiger partial charge in [0.2, 0.25) is 0 Å². The van der Waals surface area contributed by atoms with Crippen LogP contribution in [0, 0.1) is 12.7 Å². The van der Waals surface area contributed by atoms with Crippen molar-refractivity contribution in [1.82, 2.24) is 10.2 Å². The number of carbonyl (C=O) groups excluding carboxylic acids is 3. The SMILES string of the molecule is C=CC(N)OC(=O)[C@H]1N(C(=O)[C@@H](O)[C@H](Cc2ccccc2)NC(=O)c2cccc(F)c2C)CSC1(C)C. The Kier molecular flexibility index (Phi) is 9.12. The van der Waals surface area contributed by atoms with Gasteiger partial charge in [0.25, 0.3) is 11.8 Å². The monoisotopic (exact) mass is 529 g/mol. The van der Waals surface area contributed by atoms with Gasteiger partial charge in [-0.15, -0.1) is 11.8 Å². The lowest BCUT2D eigenvalue weighted by molar-refractivity contribution is -0.160. The van der Waals surface area contributed by atoms with Crippen LogP contribution in [0.4, 0.5) is 4.39 Å². The van der Waals surface area contributed by atoms with E-state index in [1.807, 2.05) is 6.07 Å². The number of rotatable bonds is 9. The smallest absolute Gasteiger partial charge is 0.332 e. The van der Waals surface area contributed by atoms with Gasteiger partial charge in [-0.2, -0.15) is 0 Å². The molecule has 198 valence electrons. The van der Waals surface area contributed by atoms with Gasteiger partial charge in [-0.3, -0.25) is 15.3 Å². The van der Waals surface area contributed by atoms with Gasteiger partial charge >= 0.3 is 5.97 Å². The van der Waals surface area contributed by atoms with Crippen molar-refractivity contribution in [2.45, 2.75) is 56.4 Å². The first kappa shape index (κ1) is 28.4. The van der Waals surface area contributed by atoms with Gasteiger partial charge in [0.05, 0.1) is 11.9 Å². The predicted octanol–water partition coefficient (Wildman–Crippen LogP) is 2.53. The van der Waals surface area contributed by atoms with E-state index in [1.165, 1.54) is 47.9 Å². The summed E-state index contributed by atoms with van der Waals surface area (Å²) < 4.78 is 18.6. The molecule has 1 aliphatic rings. The molecule has 1 saturated heterocycles. The molecule has 0 saturated carbocycles. The van der Waals surface area contributed by atoms with Crippen molar-refractivity contribution in [3.63, 3.8) is 0 Å². The molecule has 3 rings (SSSR count). The van der Waals surface area contributed by atoms with E-state index in [9.17, 15) is 23.9 Å². The maximum atomic E-state index is 14.1. The van der Waals surface area contributed by atoms with Crippen LogP contribution in [0.2, 0.25) is 0 Å². The third-order valence-corrected chi connectivity index (χ3v) is 7.67. The van der Waals surface area contributed by atoms with Gasteiger partial charge in [0, 0.05) is 10.3 Å². The molecule has 0 bridgehead atoms. The fraction of sp³-hybridized carbons (Fsp3) is 0.370. The minimum absolute atomic E-state index is 0.0930. The van der Waals surface area contributed by atoms with Crippen molar-refractivity contribution in [1.29, 1.82) is 0 Å². The molecule has 1 fully saturated rings. The number of nitrogens with one attached hydrogen (secondary N) is 1. The second-order valence-corrected chi connectivity index (χ2v) is 11.0. The summed E-state index contributed by atoms with van der Waals surface area (Å²) >= 11 is 1.35. The van der Waals surface area contributed by atoms with E-state index in [2.05, 4.69) is 11.9 Å². The molecule has 4 atom stereocenters. The maximum absolute atomic E-state index is 14.1. The molecule has 8 nitrogen and oxygen atoms in total. The quantitative estimate of drug-likeness (QED) is 0.259. The highest BCUT2D eigenvalue weighted by molar-refractivity contribution is 8.00. The van der Waals surface area contributed by atoms with E-state index < -0.39 is 52.8 Å². The summed E-state index contributed by atoms with van der Waals surface area (Å²) in [6.07, 6.45) is -1.37. The van der Waals surface area contributed by atoms with E-state index in [-0.39, 0.29) is 23.4 Å². The van der Waals surface area contributed by atoms with Gasteiger partial charge < -0.3 is 20.1 Å². The number of nitrogens with two attached hydrogens (primary N) is 1. The highest BCUT2D eigenvalue weighted by atomic mass is 32.2. The summed E-state index contributed by atoms with van der Waals surface area (Å²) in [6, 6.07) is 11.1. The fourth-order valence-corrected chi connectivity index (χ4v) is 5.29. The molecule has 0 aliphatic carbocycles. The Balaban J connectivity index is 1.89. The Bertz CT molecular complexity index is 1160. The largest absolute Gasteiger partial charge is 0.442 e. The second kappa shape index (κ2) is 11.9. The van der Waals surface area contributed by atoms with Crippen molar-refractivity contribution in [3.05, 3.63) is 83.7 Å². The number of aliphatic hydroxyl groups is 1. The lowest BCUT2D eigenvalue weighted by atomic mass is 9.97. The summed E-state index contributed by atoms with van der Waals surface area (Å²) in [6.45, 7) is 8.55. The van der Waals surface area contributed by atoms with Crippen molar-refractivity contribution in [2.24, 2.45) is 5.73 Å². The van der Waals surface area contributed by atoms with Gasteiger partial charge in [0.1, 0.15) is 11.9 Å². The first-order valence-corrected chi connectivity index (χ1v) is 12.8. The number of thioether (sulfide) groups is 1. The number of esters is 1. The normalized spacial score (nSPS) is 19.0. The first-order valence-electron chi connectivity index (χ1n) is 11.8. The minimum atomic E-state index is -1.70. The van der Waals surface area contributed by atoms with E-state index in [1.54, 1.807) is 38.1 Å². The zero-order chi connectivity index (χ0) is 27.3. The Morgan fingerprint density at radius 2 is 1.95 bits per heavy atom. The summed E-state index contributed by atoms with van der Waals surface area (Å²) in [7, 11) is 0. The van der Waals surface area contributed by atoms with Crippen LogP contribution in [0.15, 0.2) is 61.2 Å². The van der Waals surface area contributed by atoms with E-state index in [4.69, 9.17) is 10.5 Å². The molecule has 2 amide bonds. The minimum Gasteiger partial charge on any atom is -0.442 e. The number of nitrogens with zero attached hydrogens (tertiary/aromatic N) is 1. The molecule has 1 heterocycles. The predicted molar refractivity (Wildman–Crippen MR) is 140 cm³/mol. The zero-order valence-electron chi connectivity index (χ0n) is 21.0. The Morgan fingerprint density at radius 1 is 1.27 bits per heavy atom. The van der Waals surface area contributed by atoms with Gasteiger partial charge in [-0.25, -0.2) is 9.18 Å². The topological polar surface area (TPSA) is 122 Å². The van der Waals surface area contributed by atoms with E-state index in [0.29, 0.717) is 0 Å². The van der Waals surface area contributed by atoms with Crippen LogP contribution in [0.3, 0.4) is 0 Å². The number of ether oxygens (including phenoxy) is 1. The number of hydrogen-bond donors (Lipinski definition) is 3. The summed E-state index contributed by atoms with van der Waals surface area (Å²) in [4.78, 5) is 40.8. The van der Waals surface area contributed by atoms with Crippen LogP contribution in [-0.2, 0) is 20.7 Å². The maximum Gasteiger partial charge on any atom is 0.332 e. The number of benzene rings is 2. The number of halogens is 1. The zero-order valence-corrected chi connectivity index (χ0v) is 21.8. The second-order valence-electron chi connectivity index (χ2n) is 9.35. The summed E-state index contributed by atoms with van der Waals surface area (Å²) in [5, 5.41) is 13.9. The van der Waals surface area contributed by atoms with Gasteiger partial charge in [-0.05, 0) is 56.5 Å². The van der Waals surface area contributed by atoms with Crippen LogP contribution in [0.25, 0.3) is 0 Å². The third-order valence-electron chi connectivity index (χ3n) is 6.30. The van der Waals surface area contributed by atoms with Gasteiger partial charge in [-0.1, -0.05) is 43.0 Å². The number of carbonyl (C=O) groups is 3. The summed E-state index contributed by atoms with van der Waals surface area (Å²) in [5.41, 5.74) is 6.69. The highest BCUT2D eigenvalue weighted by Crippen LogP contribution is 2.40. The summed E-state index contributed by atoms with van der Waals surface area (Å²) in [5.74, 6) is -2.51. The highest BCUT2D eigenvalue weighted by Gasteiger charge is 2.51. The Morgan fingerprint density at radius 3 is 2.59 bits per heavy atom. The van der Waals surface area contributed by atoms with E-state index in [0.717, 1.165) is 5.56 Å². The number of aliphatic hydroxyl groups excluding tert-OH is 1. The van der Waals surface area contributed by atoms with Crippen LogP contribution >= 0.6 is 11.8 Å². The molecule has 1 aliphatic heterocycles. The number of hydrogen-bond acceptors (Lipinski definition) is 7. The van der Waals surface area contributed by atoms with Crippen LogP contribution in [0.1, 0.15) is 35.3 Å². The van der Waals surface area contributed by atoms with Crippen molar-refractivity contribution >= 4 is 29.5 Å². The van der Waals surface area contributed by atoms with Gasteiger partial charge in [0.15, 0.2) is 12.3 Å². The Labute approximate surface area is 220 Å². The molecule has 0 radical (unpaired) electrons. The lowest BCUT2D eigenvalue weighted by Gasteiger charge is -2.33. The molecule has 1 unspecified atom stereocenters.